The summed E-state index contributed by atoms with van der Waals surface area (Å²) in [5.74, 6) is -0.0605. The smallest absolute Gasteiger partial charge is 0.305 e. The molecule has 0 aromatic heterocycles. The van der Waals surface area contributed by atoms with Gasteiger partial charge in [-0.1, -0.05) is 213 Å². The van der Waals surface area contributed by atoms with Crippen LogP contribution in [-0.2, 0) is 14.3 Å². The lowest BCUT2D eigenvalue weighted by Gasteiger charge is -2.22. The van der Waals surface area contributed by atoms with Crippen LogP contribution in [0.3, 0.4) is 0 Å². The van der Waals surface area contributed by atoms with Crippen molar-refractivity contribution in [1.82, 2.24) is 5.32 Å². The molecule has 2 unspecified atom stereocenters. The number of aliphatic hydroxyl groups excluding tert-OH is 2. The molecule has 6 heteroatoms. The molecule has 3 N–H and O–H groups in total. The number of amides is 1. The van der Waals surface area contributed by atoms with Crippen LogP contribution in [0.4, 0.5) is 0 Å². The van der Waals surface area contributed by atoms with Crippen LogP contribution >= 0.6 is 0 Å². The molecule has 6 nitrogen and oxygen atoms in total. The molecular formula is C45H89NO5. The highest BCUT2D eigenvalue weighted by atomic mass is 16.5. The van der Waals surface area contributed by atoms with Crippen molar-refractivity contribution < 1.29 is 24.5 Å². The topological polar surface area (TPSA) is 95.9 Å². The van der Waals surface area contributed by atoms with E-state index in [0.717, 1.165) is 57.8 Å². The average molecular weight is 724 g/mol. The predicted molar refractivity (Wildman–Crippen MR) is 218 cm³/mol. The molecule has 0 heterocycles. The Balaban J connectivity index is 3.43. The quantitative estimate of drug-likeness (QED) is 0.0430. The van der Waals surface area contributed by atoms with Gasteiger partial charge in [-0.3, -0.25) is 9.59 Å². The Labute approximate surface area is 317 Å². The third-order valence-corrected chi connectivity index (χ3v) is 10.7. The molecule has 2 atom stereocenters. The summed E-state index contributed by atoms with van der Waals surface area (Å²) in [6.45, 7) is 4.89. The first-order valence-electron chi connectivity index (χ1n) is 22.8. The lowest BCUT2D eigenvalue weighted by atomic mass is 10.0. The van der Waals surface area contributed by atoms with E-state index >= 15 is 0 Å². The van der Waals surface area contributed by atoms with Gasteiger partial charge in [-0.05, 0) is 25.7 Å². The average Bonchev–Trinajstić information content (AvgIpc) is 3.13. The van der Waals surface area contributed by atoms with Gasteiger partial charge in [0.1, 0.15) is 0 Å². The van der Waals surface area contributed by atoms with Crippen LogP contribution in [0.15, 0.2) is 0 Å². The van der Waals surface area contributed by atoms with Gasteiger partial charge in [0.25, 0.3) is 0 Å². The number of ether oxygens (including phenoxy) is 1. The molecular weight excluding hydrogens is 634 g/mol. The van der Waals surface area contributed by atoms with Crippen LogP contribution in [0, 0.1) is 0 Å². The molecule has 0 rings (SSSR count). The predicted octanol–water partition coefficient (Wildman–Crippen LogP) is 12.8. The number of hydrogen-bond acceptors (Lipinski definition) is 5. The fourth-order valence-electron chi connectivity index (χ4n) is 7.11. The van der Waals surface area contributed by atoms with Crippen LogP contribution in [0.1, 0.15) is 251 Å². The molecule has 0 saturated heterocycles. The van der Waals surface area contributed by atoms with Crippen molar-refractivity contribution in [2.75, 3.05) is 13.2 Å². The lowest BCUT2D eigenvalue weighted by molar-refractivity contribution is -0.143. The Morgan fingerprint density at radius 2 is 0.804 bits per heavy atom. The van der Waals surface area contributed by atoms with E-state index in [9.17, 15) is 19.8 Å². The molecule has 0 bridgehead atoms. The number of hydrogen-bond donors (Lipinski definition) is 3. The van der Waals surface area contributed by atoms with Crippen molar-refractivity contribution in [2.45, 2.75) is 264 Å². The van der Waals surface area contributed by atoms with Crippen LogP contribution < -0.4 is 5.32 Å². The van der Waals surface area contributed by atoms with Gasteiger partial charge in [-0.15, -0.1) is 0 Å². The molecule has 51 heavy (non-hydrogen) atoms. The SMILES string of the molecule is CCCCCCCCCCCCCCCC(=O)OCCCCCCCCCCCCCCC(=O)NC(CO)C(O)CCCCCCCCCCC. The number of carbonyl (C=O) groups is 2. The minimum absolute atomic E-state index is 0.00803. The number of nitrogens with one attached hydrogen (secondary N) is 1. The van der Waals surface area contributed by atoms with E-state index in [1.807, 2.05) is 0 Å². The van der Waals surface area contributed by atoms with Crippen molar-refractivity contribution in [3.63, 3.8) is 0 Å². The molecule has 0 aromatic carbocycles. The third-order valence-electron chi connectivity index (χ3n) is 10.7. The Kier molecular flexibility index (Phi) is 40.7. The van der Waals surface area contributed by atoms with Crippen LogP contribution in [0.25, 0.3) is 0 Å². The normalized spacial score (nSPS) is 12.6. The van der Waals surface area contributed by atoms with Gasteiger partial charge >= 0.3 is 5.97 Å². The zero-order valence-electron chi connectivity index (χ0n) is 34.4. The summed E-state index contributed by atoms with van der Waals surface area (Å²) in [5, 5.41) is 23.0. The third kappa shape index (κ3) is 38.4. The van der Waals surface area contributed by atoms with Gasteiger partial charge < -0.3 is 20.3 Å². The summed E-state index contributed by atoms with van der Waals surface area (Å²) in [5.41, 5.74) is 0. The largest absolute Gasteiger partial charge is 0.466 e. The van der Waals surface area contributed by atoms with Crippen molar-refractivity contribution in [1.29, 1.82) is 0 Å². The molecule has 0 saturated carbocycles. The number of esters is 1. The van der Waals surface area contributed by atoms with Crippen molar-refractivity contribution in [2.24, 2.45) is 0 Å². The fourth-order valence-corrected chi connectivity index (χ4v) is 7.11. The maximum Gasteiger partial charge on any atom is 0.305 e. The summed E-state index contributed by atoms with van der Waals surface area (Å²) in [7, 11) is 0. The maximum absolute atomic E-state index is 12.4. The first-order valence-corrected chi connectivity index (χ1v) is 22.8. The summed E-state index contributed by atoms with van der Waals surface area (Å²) < 4.78 is 5.44. The molecule has 0 radical (unpaired) electrons. The minimum atomic E-state index is -0.670. The van der Waals surface area contributed by atoms with Gasteiger partial charge in [0.05, 0.1) is 25.4 Å². The monoisotopic (exact) mass is 724 g/mol. The minimum Gasteiger partial charge on any atom is -0.466 e. The highest BCUT2D eigenvalue weighted by molar-refractivity contribution is 5.76. The zero-order chi connectivity index (χ0) is 37.3. The van der Waals surface area contributed by atoms with Gasteiger partial charge in [-0.25, -0.2) is 0 Å². The van der Waals surface area contributed by atoms with Crippen molar-refractivity contribution in [3.05, 3.63) is 0 Å². The highest BCUT2D eigenvalue weighted by Gasteiger charge is 2.20. The van der Waals surface area contributed by atoms with E-state index in [1.54, 1.807) is 0 Å². The molecule has 1 amide bonds. The van der Waals surface area contributed by atoms with E-state index < -0.39 is 12.1 Å². The highest BCUT2D eigenvalue weighted by Crippen LogP contribution is 2.16. The second-order valence-electron chi connectivity index (χ2n) is 15.7. The summed E-state index contributed by atoms with van der Waals surface area (Å²) in [6.07, 6.45) is 43.4. The van der Waals surface area contributed by atoms with E-state index in [1.165, 1.54) is 161 Å². The van der Waals surface area contributed by atoms with Crippen LogP contribution in [0.5, 0.6) is 0 Å². The molecule has 0 aliphatic rings. The first-order chi connectivity index (χ1) is 25.0. The van der Waals surface area contributed by atoms with E-state index in [2.05, 4.69) is 19.2 Å². The Hall–Kier alpha value is -1.14. The molecule has 0 fully saturated rings. The van der Waals surface area contributed by atoms with Gasteiger partial charge in [0.15, 0.2) is 0 Å². The van der Waals surface area contributed by atoms with Crippen molar-refractivity contribution >= 4 is 11.9 Å². The van der Waals surface area contributed by atoms with Crippen LogP contribution in [0.2, 0.25) is 0 Å². The second-order valence-corrected chi connectivity index (χ2v) is 15.7. The Morgan fingerprint density at radius 3 is 1.20 bits per heavy atom. The van der Waals surface area contributed by atoms with Gasteiger partial charge in [-0.2, -0.15) is 0 Å². The zero-order valence-corrected chi connectivity index (χ0v) is 34.4. The Bertz CT molecular complexity index is 717. The standard InChI is InChI=1S/C45H89NO5/c1-3-5-7-9-11-13-14-15-19-23-27-31-35-39-45(50)51-40-36-32-28-24-20-17-16-18-22-26-30-34-38-44(49)46-42(41-47)43(48)37-33-29-25-21-12-10-8-6-4-2/h42-43,47-48H,3-41H2,1-2H3,(H,46,49). The maximum atomic E-state index is 12.4. The number of aliphatic hydroxyl groups is 2. The van der Waals surface area contributed by atoms with Gasteiger partial charge in [0.2, 0.25) is 5.91 Å². The van der Waals surface area contributed by atoms with E-state index in [4.69, 9.17) is 4.74 Å². The van der Waals surface area contributed by atoms with E-state index in [0.29, 0.717) is 25.9 Å². The Morgan fingerprint density at radius 1 is 0.471 bits per heavy atom. The van der Waals surface area contributed by atoms with Gasteiger partial charge in [0, 0.05) is 12.8 Å². The van der Waals surface area contributed by atoms with Crippen LogP contribution in [-0.4, -0.2) is 47.4 Å². The molecule has 0 spiro atoms. The fraction of sp³-hybridized carbons (Fsp3) is 0.956. The molecule has 0 aliphatic carbocycles. The van der Waals surface area contributed by atoms with Crippen molar-refractivity contribution in [3.8, 4) is 0 Å². The lowest BCUT2D eigenvalue weighted by Crippen LogP contribution is -2.45. The number of rotatable bonds is 42. The molecule has 0 aliphatic heterocycles. The summed E-state index contributed by atoms with van der Waals surface area (Å²) in [4.78, 5) is 24.3. The first kappa shape index (κ1) is 49.9. The second kappa shape index (κ2) is 41.6. The van der Waals surface area contributed by atoms with E-state index in [-0.39, 0.29) is 18.5 Å². The number of unbranched alkanes of at least 4 members (excludes halogenated alkanes) is 31. The number of carbonyl (C=O) groups excluding carboxylic acids is 2. The molecule has 304 valence electrons. The molecule has 0 aromatic rings. The summed E-state index contributed by atoms with van der Waals surface area (Å²) >= 11 is 0. The summed E-state index contributed by atoms with van der Waals surface area (Å²) in [6, 6.07) is -0.548.